The number of aryl methyl sites for hydroxylation is 2. The Morgan fingerprint density at radius 2 is 1.43 bits per heavy atom. The molecule has 3 aromatic carbocycles. The quantitative estimate of drug-likeness (QED) is 0.125. The van der Waals surface area contributed by atoms with E-state index in [0.717, 1.165) is 29.7 Å². The molecule has 216 valence electrons. The number of methoxy groups -OCH3 is 1. The van der Waals surface area contributed by atoms with Gasteiger partial charge in [-0.2, -0.15) is 0 Å². The van der Waals surface area contributed by atoms with Crippen LogP contribution in [0.2, 0.25) is 0 Å². The van der Waals surface area contributed by atoms with E-state index in [4.69, 9.17) is 14.5 Å². The highest BCUT2D eigenvalue weighted by molar-refractivity contribution is 5.70. The van der Waals surface area contributed by atoms with Gasteiger partial charge in [-0.1, -0.05) is 82.3 Å². The second-order valence-electron chi connectivity index (χ2n) is 10.8. The standard InChI is InChI=1S/C36H48O4/c1-9-35(37,10-2)21-19-28-13-15-31(23-26(28)5)36(11-3,12-4)32-16-17-33(27(6)24-32)29-14-18-34(38-7)30(25-29)20-22-40-39-8/h13-19,21,23-25,37H,9-12,20,22H2,1-8H3/b21-19+. The van der Waals surface area contributed by atoms with E-state index in [1.165, 1.54) is 40.5 Å². The Morgan fingerprint density at radius 1 is 0.775 bits per heavy atom. The molecular weight excluding hydrogens is 496 g/mol. The van der Waals surface area contributed by atoms with Crippen molar-refractivity contribution < 1.29 is 19.6 Å². The molecular formula is C36H48O4. The molecule has 40 heavy (non-hydrogen) atoms. The van der Waals surface area contributed by atoms with Gasteiger partial charge in [-0.25, -0.2) is 9.78 Å². The van der Waals surface area contributed by atoms with Gasteiger partial charge in [0.25, 0.3) is 0 Å². The van der Waals surface area contributed by atoms with Crippen molar-refractivity contribution in [1.82, 2.24) is 0 Å². The normalized spacial score (nSPS) is 12.3. The van der Waals surface area contributed by atoms with E-state index in [0.29, 0.717) is 25.9 Å². The predicted octanol–water partition coefficient (Wildman–Crippen LogP) is 8.77. The lowest BCUT2D eigenvalue weighted by molar-refractivity contribution is -0.271. The molecule has 0 atom stereocenters. The zero-order chi connectivity index (χ0) is 29.3. The molecule has 3 aromatic rings. The first kappa shape index (κ1) is 31.6. The molecule has 0 aliphatic heterocycles. The lowest BCUT2D eigenvalue weighted by Crippen LogP contribution is -2.26. The van der Waals surface area contributed by atoms with Gasteiger partial charge < -0.3 is 9.84 Å². The maximum absolute atomic E-state index is 10.7. The average Bonchev–Trinajstić information content (AvgIpc) is 2.97. The minimum Gasteiger partial charge on any atom is -0.496 e. The fraction of sp³-hybridized carbons (Fsp3) is 0.444. The molecule has 0 unspecified atom stereocenters. The zero-order valence-corrected chi connectivity index (χ0v) is 25.8. The second kappa shape index (κ2) is 14.1. The van der Waals surface area contributed by atoms with Crippen LogP contribution in [0, 0.1) is 13.8 Å². The topological polar surface area (TPSA) is 47.9 Å². The summed E-state index contributed by atoms with van der Waals surface area (Å²) in [5, 5.41) is 10.7. The van der Waals surface area contributed by atoms with E-state index in [1.807, 2.05) is 26.0 Å². The van der Waals surface area contributed by atoms with E-state index in [1.54, 1.807) is 7.11 Å². The summed E-state index contributed by atoms with van der Waals surface area (Å²) in [5.74, 6) is 0.858. The molecule has 0 aliphatic rings. The minimum absolute atomic E-state index is 0.0770. The van der Waals surface area contributed by atoms with Crippen molar-refractivity contribution in [3.63, 3.8) is 0 Å². The van der Waals surface area contributed by atoms with Crippen molar-refractivity contribution in [3.05, 3.63) is 94.1 Å². The Kier molecular flexibility index (Phi) is 11.2. The number of aliphatic hydroxyl groups is 1. The summed E-state index contributed by atoms with van der Waals surface area (Å²) in [4.78, 5) is 9.88. The molecule has 0 amide bonds. The summed E-state index contributed by atoms with van der Waals surface area (Å²) in [6.45, 7) is 13.5. The van der Waals surface area contributed by atoms with Crippen molar-refractivity contribution in [2.24, 2.45) is 0 Å². The monoisotopic (exact) mass is 544 g/mol. The molecule has 1 N–H and O–H groups in total. The van der Waals surface area contributed by atoms with Crippen molar-refractivity contribution >= 4 is 6.08 Å². The molecule has 3 rings (SSSR count). The van der Waals surface area contributed by atoms with Crippen LogP contribution in [0.25, 0.3) is 17.2 Å². The fourth-order valence-corrected chi connectivity index (χ4v) is 5.79. The van der Waals surface area contributed by atoms with E-state index in [-0.39, 0.29) is 5.41 Å². The lowest BCUT2D eigenvalue weighted by Gasteiger charge is -2.34. The van der Waals surface area contributed by atoms with E-state index >= 15 is 0 Å². The maximum atomic E-state index is 10.7. The van der Waals surface area contributed by atoms with Crippen molar-refractivity contribution in [2.45, 2.75) is 84.7 Å². The van der Waals surface area contributed by atoms with Gasteiger partial charge in [-0.3, -0.25) is 0 Å². The molecule has 0 spiro atoms. The highest BCUT2D eigenvalue weighted by Crippen LogP contribution is 2.41. The summed E-state index contributed by atoms with van der Waals surface area (Å²) < 4.78 is 5.59. The highest BCUT2D eigenvalue weighted by Gasteiger charge is 2.31. The van der Waals surface area contributed by atoms with Gasteiger partial charge in [0.15, 0.2) is 0 Å². The first-order valence-corrected chi connectivity index (χ1v) is 14.7. The van der Waals surface area contributed by atoms with Crippen LogP contribution in [0.5, 0.6) is 5.75 Å². The first-order chi connectivity index (χ1) is 19.2. The molecule has 0 aromatic heterocycles. The summed E-state index contributed by atoms with van der Waals surface area (Å²) in [7, 11) is 3.23. The number of hydrogen-bond donors (Lipinski definition) is 1. The van der Waals surface area contributed by atoms with Gasteiger partial charge in [0, 0.05) is 11.8 Å². The zero-order valence-electron chi connectivity index (χ0n) is 25.8. The lowest BCUT2D eigenvalue weighted by atomic mass is 9.69. The third-order valence-electron chi connectivity index (χ3n) is 8.77. The fourth-order valence-electron chi connectivity index (χ4n) is 5.79. The molecule has 4 nitrogen and oxygen atoms in total. The smallest absolute Gasteiger partial charge is 0.122 e. The second-order valence-corrected chi connectivity index (χ2v) is 10.8. The van der Waals surface area contributed by atoms with Crippen molar-refractivity contribution in [2.75, 3.05) is 20.8 Å². The number of benzene rings is 3. The van der Waals surface area contributed by atoms with Gasteiger partial charge in [0.2, 0.25) is 0 Å². The Morgan fingerprint density at radius 3 is 1.98 bits per heavy atom. The Labute approximate surface area is 241 Å². The average molecular weight is 545 g/mol. The van der Waals surface area contributed by atoms with Gasteiger partial charge >= 0.3 is 0 Å². The SMILES string of the molecule is CCC(O)(/C=C/c1ccc(C(CC)(CC)c2ccc(-c3ccc(OC)c(CCOOC)c3)c(C)c2)cc1C)CC. The van der Waals surface area contributed by atoms with Crippen molar-refractivity contribution in [1.29, 1.82) is 0 Å². The van der Waals surface area contributed by atoms with Gasteiger partial charge in [0.05, 0.1) is 26.4 Å². The number of rotatable bonds is 14. The van der Waals surface area contributed by atoms with Gasteiger partial charge in [-0.15, -0.1) is 0 Å². The van der Waals surface area contributed by atoms with Gasteiger partial charge in [0.1, 0.15) is 5.75 Å². The molecule has 0 radical (unpaired) electrons. The molecule has 4 heteroatoms. The third-order valence-corrected chi connectivity index (χ3v) is 8.77. The van der Waals surface area contributed by atoms with E-state index in [9.17, 15) is 5.11 Å². The minimum atomic E-state index is -0.747. The van der Waals surface area contributed by atoms with Crippen LogP contribution in [-0.4, -0.2) is 31.5 Å². The molecule has 0 saturated carbocycles. The summed E-state index contributed by atoms with van der Waals surface area (Å²) in [6.07, 6.45) is 8.18. The van der Waals surface area contributed by atoms with Crippen LogP contribution in [0.4, 0.5) is 0 Å². The van der Waals surface area contributed by atoms with Crippen LogP contribution >= 0.6 is 0 Å². The summed E-state index contributed by atoms with van der Waals surface area (Å²) in [5.41, 5.74) is 8.98. The Hall–Kier alpha value is -2.92. The maximum Gasteiger partial charge on any atom is 0.122 e. The number of ether oxygens (including phenoxy) is 1. The predicted molar refractivity (Wildman–Crippen MR) is 167 cm³/mol. The summed E-state index contributed by atoms with van der Waals surface area (Å²) >= 11 is 0. The van der Waals surface area contributed by atoms with Crippen molar-refractivity contribution in [3.8, 4) is 16.9 Å². The molecule has 0 aliphatic carbocycles. The molecule has 0 bridgehead atoms. The molecule has 0 saturated heterocycles. The highest BCUT2D eigenvalue weighted by atomic mass is 17.2. The third kappa shape index (κ3) is 6.86. The Bertz CT molecular complexity index is 1280. The molecule has 0 heterocycles. The largest absolute Gasteiger partial charge is 0.496 e. The Balaban J connectivity index is 1.98. The van der Waals surface area contributed by atoms with E-state index in [2.05, 4.69) is 82.3 Å². The number of hydrogen-bond acceptors (Lipinski definition) is 4. The summed E-state index contributed by atoms with van der Waals surface area (Å²) in [6, 6.07) is 20.1. The first-order valence-electron chi connectivity index (χ1n) is 14.7. The van der Waals surface area contributed by atoms with Crippen LogP contribution in [-0.2, 0) is 21.6 Å². The van der Waals surface area contributed by atoms with Crippen LogP contribution in [0.3, 0.4) is 0 Å². The van der Waals surface area contributed by atoms with Crippen LogP contribution in [0.15, 0.2) is 60.7 Å². The van der Waals surface area contributed by atoms with Crippen LogP contribution in [0.1, 0.15) is 86.8 Å². The van der Waals surface area contributed by atoms with E-state index < -0.39 is 5.60 Å². The van der Waals surface area contributed by atoms with Crippen LogP contribution < -0.4 is 4.74 Å². The molecule has 0 fully saturated rings. The van der Waals surface area contributed by atoms with Gasteiger partial charge in [-0.05, 0) is 96.2 Å².